The van der Waals surface area contributed by atoms with Gasteiger partial charge in [-0.1, -0.05) is 30.3 Å². The Hall–Kier alpha value is -1.53. The Morgan fingerprint density at radius 3 is 2.41 bits per heavy atom. The van der Waals surface area contributed by atoms with E-state index in [4.69, 9.17) is 0 Å². The van der Waals surface area contributed by atoms with Crippen LogP contribution in [0, 0.1) is 5.92 Å². The molecule has 0 radical (unpaired) electrons. The number of carbonyl (C=O) groups excluding carboxylic acids is 2. The van der Waals surface area contributed by atoms with E-state index in [0.717, 1.165) is 82.0 Å². The summed E-state index contributed by atoms with van der Waals surface area (Å²) in [5, 5.41) is 0. The fourth-order valence-electron chi connectivity index (χ4n) is 4.86. The number of hydrogen-bond donors (Lipinski definition) is 0. The topological polar surface area (TPSA) is 43.9 Å². The van der Waals surface area contributed by atoms with Crippen molar-refractivity contribution >= 4 is 23.6 Å². The van der Waals surface area contributed by atoms with Gasteiger partial charge in [0.1, 0.15) is 6.04 Å². The highest BCUT2D eigenvalue weighted by molar-refractivity contribution is 7.99. The van der Waals surface area contributed by atoms with Gasteiger partial charge < -0.3 is 9.80 Å². The molecule has 1 unspecified atom stereocenters. The van der Waals surface area contributed by atoms with Gasteiger partial charge in [-0.05, 0) is 37.2 Å². The monoisotopic (exact) mass is 415 g/mol. The number of likely N-dealkylation sites (tertiary alicyclic amines) is 2. The Bertz CT molecular complexity index is 685. The van der Waals surface area contributed by atoms with Gasteiger partial charge in [0.15, 0.2) is 0 Å². The fraction of sp³-hybridized carbons (Fsp3) is 0.652. The van der Waals surface area contributed by atoms with Gasteiger partial charge in [-0.25, -0.2) is 0 Å². The molecule has 3 heterocycles. The number of thioether (sulfide) groups is 1. The standard InChI is InChI=1S/C23H33N3O2S/c27-21-8-4-5-11-26(21)18-19-9-12-25(13-10-19)23(28)22(20-6-2-1-3-7-20)24-14-16-29-17-15-24/h1-3,6-7,19,22H,4-5,8-18H2. The van der Waals surface area contributed by atoms with Gasteiger partial charge >= 0.3 is 0 Å². The quantitative estimate of drug-likeness (QED) is 0.742. The molecule has 4 rings (SSSR count). The van der Waals surface area contributed by atoms with Gasteiger partial charge in [0.2, 0.25) is 11.8 Å². The van der Waals surface area contributed by atoms with Gasteiger partial charge in [-0.2, -0.15) is 11.8 Å². The average Bonchev–Trinajstić information content (AvgIpc) is 2.77. The van der Waals surface area contributed by atoms with Gasteiger partial charge in [0.25, 0.3) is 0 Å². The van der Waals surface area contributed by atoms with E-state index in [9.17, 15) is 9.59 Å². The number of nitrogens with zero attached hydrogens (tertiary/aromatic N) is 3. The molecule has 6 heteroatoms. The van der Waals surface area contributed by atoms with Crippen molar-refractivity contribution in [2.75, 3.05) is 50.8 Å². The third kappa shape index (κ3) is 5.15. The molecular weight excluding hydrogens is 382 g/mol. The first-order valence-electron chi connectivity index (χ1n) is 11.2. The van der Waals surface area contributed by atoms with E-state index in [2.05, 4.69) is 26.8 Å². The summed E-state index contributed by atoms with van der Waals surface area (Å²) in [6.07, 6.45) is 4.90. The molecule has 158 valence electrons. The largest absolute Gasteiger partial charge is 0.342 e. The lowest BCUT2D eigenvalue weighted by molar-refractivity contribution is -0.140. The molecule has 0 N–H and O–H groups in total. The lowest BCUT2D eigenvalue weighted by Gasteiger charge is -2.40. The first-order chi connectivity index (χ1) is 14.2. The summed E-state index contributed by atoms with van der Waals surface area (Å²) >= 11 is 1.98. The zero-order valence-electron chi connectivity index (χ0n) is 17.3. The summed E-state index contributed by atoms with van der Waals surface area (Å²) in [4.78, 5) is 32.2. The minimum Gasteiger partial charge on any atom is -0.342 e. The molecule has 1 aromatic rings. The van der Waals surface area contributed by atoms with Crippen LogP contribution in [0.5, 0.6) is 0 Å². The molecule has 2 amide bonds. The number of rotatable bonds is 5. The molecule has 3 saturated heterocycles. The van der Waals surface area contributed by atoms with E-state index < -0.39 is 0 Å². The van der Waals surface area contributed by atoms with Gasteiger partial charge in [-0.15, -0.1) is 0 Å². The van der Waals surface area contributed by atoms with E-state index in [0.29, 0.717) is 18.2 Å². The van der Waals surface area contributed by atoms with Gasteiger partial charge in [-0.3, -0.25) is 14.5 Å². The van der Waals surface area contributed by atoms with Gasteiger partial charge in [0, 0.05) is 57.2 Å². The third-order valence-electron chi connectivity index (χ3n) is 6.59. The maximum Gasteiger partial charge on any atom is 0.244 e. The molecule has 3 aliphatic rings. The number of amides is 2. The maximum absolute atomic E-state index is 13.6. The van der Waals surface area contributed by atoms with Crippen molar-refractivity contribution in [3.8, 4) is 0 Å². The summed E-state index contributed by atoms with van der Waals surface area (Å²) in [5.41, 5.74) is 1.12. The predicted octanol–water partition coefficient (Wildman–Crippen LogP) is 3.03. The molecule has 0 spiro atoms. The van der Waals surface area contributed by atoms with Crippen molar-refractivity contribution in [2.45, 2.75) is 38.1 Å². The van der Waals surface area contributed by atoms with Crippen molar-refractivity contribution in [1.82, 2.24) is 14.7 Å². The summed E-state index contributed by atoms with van der Waals surface area (Å²) in [5.74, 6) is 3.31. The second-order valence-electron chi connectivity index (χ2n) is 8.53. The molecule has 0 aliphatic carbocycles. The zero-order valence-corrected chi connectivity index (χ0v) is 18.1. The maximum atomic E-state index is 13.6. The van der Waals surface area contributed by atoms with Crippen LogP contribution in [-0.2, 0) is 9.59 Å². The van der Waals surface area contributed by atoms with Crippen molar-refractivity contribution in [2.24, 2.45) is 5.92 Å². The van der Waals surface area contributed by atoms with E-state index in [1.165, 1.54) is 0 Å². The molecule has 1 aromatic carbocycles. The Morgan fingerprint density at radius 2 is 1.72 bits per heavy atom. The number of benzene rings is 1. The highest BCUT2D eigenvalue weighted by Crippen LogP contribution is 2.29. The van der Waals surface area contributed by atoms with Crippen molar-refractivity contribution in [3.05, 3.63) is 35.9 Å². The lowest BCUT2D eigenvalue weighted by Crippen LogP contribution is -2.49. The zero-order chi connectivity index (χ0) is 20.1. The summed E-state index contributed by atoms with van der Waals surface area (Å²) in [6, 6.07) is 10.1. The molecule has 0 aromatic heterocycles. The SMILES string of the molecule is O=C1CCCCN1CC1CCN(C(=O)C(c2ccccc2)N2CCSCC2)CC1. The average molecular weight is 416 g/mol. The Kier molecular flexibility index (Phi) is 7.14. The van der Waals surface area contributed by atoms with Crippen molar-refractivity contribution < 1.29 is 9.59 Å². The van der Waals surface area contributed by atoms with Crippen LogP contribution in [0.15, 0.2) is 30.3 Å². The molecule has 5 nitrogen and oxygen atoms in total. The third-order valence-corrected chi connectivity index (χ3v) is 7.53. The Labute approximate surface area is 178 Å². The summed E-state index contributed by atoms with van der Waals surface area (Å²) in [7, 11) is 0. The number of hydrogen-bond acceptors (Lipinski definition) is 4. The van der Waals surface area contributed by atoms with Gasteiger partial charge in [0.05, 0.1) is 0 Å². The molecule has 3 aliphatic heterocycles. The molecular formula is C23H33N3O2S. The fourth-order valence-corrected chi connectivity index (χ4v) is 5.79. The highest BCUT2D eigenvalue weighted by atomic mass is 32.2. The molecule has 29 heavy (non-hydrogen) atoms. The van der Waals surface area contributed by atoms with Crippen molar-refractivity contribution in [1.29, 1.82) is 0 Å². The first kappa shape index (κ1) is 20.7. The van der Waals surface area contributed by atoms with E-state index >= 15 is 0 Å². The minimum atomic E-state index is -0.155. The lowest BCUT2D eigenvalue weighted by atomic mass is 9.94. The summed E-state index contributed by atoms with van der Waals surface area (Å²) < 4.78 is 0. The number of piperidine rings is 2. The second-order valence-corrected chi connectivity index (χ2v) is 9.75. The van der Waals surface area contributed by atoms with Crippen LogP contribution in [0.3, 0.4) is 0 Å². The second kappa shape index (κ2) is 9.98. The van der Waals surface area contributed by atoms with Crippen LogP contribution in [0.2, 0.25) is 0 Å². The van der Waals surface area contributed by atoms with Crippen LogP contribution in [0.1, 0.15) is 43.7 Å². The Morgan fingerprint density at radius 1 is 1.00 bits per heavy atom. The normalized spacial score (nSPS) is 23.2. The van der Waals surface area contributed by atoms with E-state index in [-0.39, 0.29) is 11.9 Å². The molecule has 0 bridgehead atoms. The Balaban J connectivity index is 1.38. The summed E-state index contributed by atoms with van der Waals surface area (Å²) in [6.45, 7) is 5.38. The van der Waals surface area contributed by atoms with E-state index in [1.54, 1.807) is 0 Å². The van der Waals surface area contributed by atoms with Crippen LogP contribution >= 0.6 is 11.8 Å². The molecule has 3 fully saturated rings. The first-order valence-corrected chi connectivity index (χ1v) is 12.3. The minimum absolute atomic E-state index is 0.155. The predicted molar refractivity (Wildman–Crippen MR) is 118 cm³/mol. The molecule has 1 atom stereocenters. The van der Waals surface area contributed by atoms with E-state index in [1.807, 2.05) is 30.0 Å². The van der Waals surface area contributed by atoms with Crippen LogP contribution < -0.4 is 0 Å². The van der Waals surface area contributed by atoms with Crippen molar-refractivity contribution in [3.63, 3.8) is 0 Å². The van der Waals surface area contributed by atoms with Crippen LogP contribution in [-0.4, -0.2) is 77.3 Å². The smallest absolute Gasteiger partial charge is 0.244 e. The number of carbonyl (C=O) groups is 2. The highest BCUT2D eigenvalue weighted by Gasteiger charge is 2.34. The van der Waals surface area contributed by atoms with Crippen LogP contribution in [0.25, 0.3) is 0 Å². The van der Waals surface area contributed by atoms with Crippen LogP contribution in [0.4, 0.5) is 0 Å². The molecule has 0 saturated carbocycles.